The largest absolute Gasteiger partial charge is 0.465 e. The summed E-state index contributed by atoms with van der Waals surface area (Å²) in [6.45, 7) is 3.50. The standard InChI is InChI=1S/C14H16FNO3S/c1-10-8-12(15)5-7-14(10)20(17,18)16(3)9-13-6-4-11(2)19-13/h4-8H,9H2,1-3H3. The van der Waals surface area contributed by atoms with Crippen LogP contribution in [0.3, 0.4) is 0 Å². The zero-order chi connectivity index (χ0) is 14.9. The summed E-state index contributed by atoms with van der Waals surface area (Å²) in [5.41, 5.74) is 0.382. The average Bonchev–Trinajstić information content (AvgIpc) is 2.74. The van der Waals surface area contributed by atoms with Gasteiger partial charge in [0.1, 0.15) is 17.3 Å². The van der Waals surface area contributed by atoms with Crippen molar-refractivity contribution in [2.24, 2.45) is 0 Å². The maximum Gasteiger partial charge on any atom is 0.243 e. The van der Waals surface area contributed by atoms with Crippen molar-refractivity contribution in [2.75, 3.05) is 7.05 Å². The molecule has 0 fully saturated rings. The van der Waals surface area contributed by atoms with E-state index < -0.39 is 15.8 Å². The van der Waals surface area contributed by atoms with Gasteiger partial charge >= 0.3 is 0 Å². The molecule has 108 valence electrons. The second kappa shape index (κ2) is 5.38. The fourth-order valence-electron chi connectivity index (χ4n) is 1.94. The van der Waals surface area contributed by atoms with E-state index in [-0.39, 0.29) is 11.4 Å². The molecule has 1 heterocycles. The lowest BCUT2D eigenvalue weighted by Crippen LogP contribution is -2.27. The van der Waals surface area contributed by atoms with Crippen molar-refractivity contribution in [2.45, 2.75) is 25.3 Å². The van der Waals surface area contributed by atoms with Crippen LogP contribution < -0.4 is 0 Å². The Morgan fingerprint density at radius 1 is 1.20 bits per heavy atom. The average molecular weight is 297 g/mol. The first-order valence-corrected chi connectivity index (χ1v) is 7.52. The third-order valence-electron chi connectivity index (χ3n) is 3.00. The highest BCUT2D eigenvalue weighted by molar-refractivity contribution is 7.89. The molecule has 0 spiro atoms. The molecular formula is C14H16FNO3S. The number of rotatable bonds is 4. The van der Waals surface area contributed by atoms with E-state index in [2.05, 4.69) is 0 Å². The van der Waals surface area contributed by atoms with Gasteiger partial charge in [0.05, 0.1) is 11.4 Å². The molecule has 0 atom stereocenters. The first kappa shape index (κ1) is 14.7. The van der Waals surface area contributed by atoms with Crippen LogP contribution in [-0.4, -0.2) is 19.8 Å². The molecule has 0 saturated heterocycles. The Hall–Kier alpha value is -1.66. The molecule has 0 radical (unpaired) electrons. The molecule has 1 aromatic carbocycles. The van der Waals surface area contributed by atoms with E-state index in [0.29, 0.717) is 11.3 Å². The van der Waals surface area contributed by atoms with E-state index in [1.165, 1.54) is 23.5 Å². The summed E-state index contributed by atoms with van der Waals surface area (Å²) in [6.07, 6.45) is 0. The Balaban J connectivity index is 2.29. The van der Waals surface area contributed by atoms with E-state index in [0.717, 1.165) is 11.8 Å². The highest BCUT2D eigenvalue weighted by atomic mass is 32.2. The van der Waals surface area contributed by atoms with Crippen molar-refractivity contribution in [1.82, 2.24) is 4.31 Å². The van der Waals surface area contributed by atoms with Gasteiger partial charge in [-0.3, -0.25) is 0 Å². The first-order chi connectivity index (χ1) is 9.30. The molecule has 0 bridgehead atoms. The second-order valence-corrected chi connectivity index (χ2v) is 6.70. The van der Waals surface area contributed by atoms with Crippen molar-refractivity contribution < 1.29 is 17.2 Å². The van der Waals surface area contributed by atoms with Crippen LogP contribution in [0.15, 0.2) is 39.6 Å². The minimum absolute atomic E-state index is 0.102. The van der Waals surface area contributed by atoms with Crippen LogP contribution in [0.5, 0.6) is 0 Å². The minimum Gasteiger partial charge on any atom is -0.465 e. The molecule has 0 unspecified atom stereocenters. The SMILES string of the molecule is Cc1ccc(CN(C)S(=O)(=O)c2ccc(F)cc2C)o1. The van der Waals surface area contributed by atoms with Crippen molar-refractivity contribution in [3.63, 3.8) is 0 Å². The number of hydrogen-bond acceptors (Lipinski definition) is 3. The lowest BCUT2D eigenvalue weighted by Gasteiger charge is -2.17. The van der Waals surface area contributed by atoms with Crippen LogP contribution in [0.1, 0.15) is 17.1 Å². The topological polar surface area (TPSA) is 50.5 Å². The molecule has 4 nitrogen and oxygen atoms in total. The van der Waals surface area contributed by atoms with Crippen LogP contribution in [-0.2, 0) is 16.6 Å². The molecule has 20 heavy (non-hydrogen) atoms. The predicted octanol–water partition coefficient (Wildman–Crippen LogP) is 2.86. The van der Waals surface area contributed by atoms with Gasteiger partial charge in [-0.25, -0.2) is 12.8 Å². The molecule has 0 aliphatic heterocycles. The lowest BCUT2D eigenvalue weighted by molar-refractivity contribution is 0.397. The summed E-state index contributed by atoms with van der Waals surface area (Å²) in [5.74, 6) is 0.836. The summed E-state index contributed by atoms with van der Waals surface area (Å²) in [6, 6.07) is 7.14. The minimum atomic E-state index is -3.67. The predicted molar refractivity (Wildman–Crippen MR) is 73.2 cm³/mol. The molecule has 0 amide bonds. The number of nitrogens with zero attached hydrogens (tertiary/aromatic N) is 1. The van der Waals surface area contributed by atoms with Gasteiger partial charge < -0.3 is 4.42 Å². The molecule has 0 N–H and O–H groups in total. The quantitative estimate of drug-likeness (QED) is 0.872. The number of benzene rings is 1. The van der Waals surface area contributed by atoms with Gasteiger partial charge in [0.2, 0.25) is 10.0 Å². The summed E-state index contributed by atoms with van der Waals surface area (Å²) >= 11 is 0. The molecule has 0 saturated carbocycles. The van der Waals surface area contributed by atoms with Gasteiger partial charge in [-0.05, 0) is 49.7 Å². The third-order valence-corrected chi connectivity index (χ3v) is 4.96. The molecule has 0 aliphatic rings. The number of aryl methyl sites for hydroxylation is 2. The smallest absolute Gasteiger partial charge is 0.243 e. The number of furan rings is 1. The van der Waals surface area contributed by atoms with E-state index in [1.54, 1.807) is 26.0 Å². The van der Waals surface area contributed by atoms with Gasteiger partial charge in [-0.2, -0.15) is 4.31 Å². The maximum atomic E-state index is 13.1. The number of sulfonamides is 1. The summed E-state index contributed by atoms with van der Waals surface area (Å²) in [5, 5.41) is 0. The van der Waals surface area contributed by atoms with Gasteiger partial charge in [-0.1, -0.05) is 0 Å². The van der Waals surface area contributed by atoms with Crippen molar-refractivity contribution in [3.8, 4) is 0 Å². The molecule has 6 heteroatoms. The van der Waals surface area contributed by atoms with E-state index in [4.69, 9.17) is 4.42 Å². The zero-order valence-corrected chi connectivity index (χ0v) is 12.4. The summed E-state index contributed by atoms with van der Waals surface area (Å²) in [7, 11) is -2.20. The van der Waals surface area contributed by atoms with Crippen LogP contribution in [0.25, 0.3) is 0 Å². The van der Waals surface area contributed by atoms with E-state index in [1.807, 2.05) is 0 Å². The molecule has 1 aromatic heterocycles. The van der Waals surface area contributed by atoms with Crippen molar-refractivity contribution >= 4 is 10.0 Å². The monoisotopic (exact) mass is 297 g/mol. The van der Waals surface area contributed by atoms with Gasteiger partial charge in [0.25, 0.3) is 0 Å². The number of hydrogen-bond donors (Lipinski definition) is 0. The Morgan fingerprint density at radius 3 is 2.45 bits per heavy atom. The van der Waals surface area contributed by atoms with Gasteiger partial charge in [-0.15, -0.1) is 0 Å². The zero-order valence-electron chi connectivity index (χ0n) is 11.6. The summed E-state index contributed by atoms with van der Waals surface area (Å²) < 4.78 is 44.5. The van der Waals surface area contributed by atoms with Crippen LogP contribution >= 0.6 is 0 Å². The Kier molecular flexibility index (Phi) is 3.96. The van der Waals surface area contributed by atoms with Gasteiger partial charge in [0.15, 0.2) is 0 Å². The normalized spacial score (nSPS) is 12.1. The second-order valence-electron chi connectivity index (χ2n) is 4.68. The highest BCUT2D eigenvalue weighted by Gasteiger charge is 2.23. The summed E-state index contributed by atoms with van der Waals surface area (Å²) in [4.78, 5) is 0.102. The van der Waals surface area contributed by atoms with E-state index in [9.17, 15) is 12.8 Å². The fraction of sp³-hybridized carbons (Fsp3) is 0.286. The van der Waals surface area contributed by atoms with Gasteiger partial charge in [0, 0.05) is 7.05 Å². The Morgan fingerprint density at radius 2 is 1.90 bits per heavy atom. The van der Waals surface area contributed by atoms with Crippen molar-refractivity contribution in [1.29, 1.82) is 0 Å². The molecular weight excluding hydrogens is 281 g/mol. The van der Waals surface area contributed by atoms with Crippen molar-refractivity contribution in [3.05, 3.63) is 53.2 Å². The van der Waals surface area contributed by atoms with Crippen LogP contribution in [0.2, 0.25) is 0 Å². The third kappa shape index (κ3) is 2.91. The first-order valence-electron chi connectivity index (χ1n) is 6.08. The molecule has 2 aromatic rings. The molecule has 2 rings (SSSR count). The fourth-order valence-corrected chi connectivity index (χ4v) is 3.28. The van der Waals surface area contributed by atoms with Crippen LogP contribution in [0, 0.1) is 19.7 Å². The van der Waals surface area contributed by atoms with Crippen LogP contribution in [0.4, 0.5) is 4.39 Å². The number of halogens is 1. The highest BCUT2D eigenvalue weighted by Crippen LogP contribution is 2.21. The van der Waals surface area contributed by atoms with E-state index >= 15 is 0 Å². The molecule has 0 aliphatic carbocycles. The Bertz CT molecular complexity index is 722. The maximum absolute atomic E-state index is 13.1. The lowest BCUT2D eigenvalue weighted by atomic mass is 10.2. The Labute approximate surface area is 117 Å².